The van der Waals surface area contributed by atoms with Gasteiger partial charge in [-0.1, -0.05) is 46.4 Å². The minimum absolute atomic E-state index is 0.146. The van der Waals surface area contributed by atoms with Gasteiger partial charge >= 0.3 is 0 Å². The fraction of sp³-hybridized carbons (Fsp3) is 0. The second kappa shape index (κ2) is 7.39. The van der Waals surface area contributed by atoms with Crippen molar-refractivity contribution >= 4 is 64.1 Å². The van der Waals surface area contributed by atoms with Gasteiger partial charge in [0.15, 0.2) is 0 Å². The van der Waals surface area contributed by atoms with Crippen molar-refractivity contribution in [1.82, 2.24) is 15.0 Å². The minimum atomic E-state index is -0.854. The number of amides is 3. The summed E-state index contributed by atoms with van der Waals surface area (Å²) in [4.78, 5) is 37.9. The fourth-order valence-corrected chi connectivity index (χ4v) is 3.92. The lowest BCUT2D eigenvalue weighted by molar-refractivity contribution is 0.0518. The number of imide groups is 1. The first-order valence-corrected chi connectivity index (χ1v) is 9.61. The van der Waals surface area contributed by atoms with E-state index in [1.165, 1.54) is 0 Å². The molecule has 2 aromatic carbocycles. The second-order valence-electron chi connectivity index (χ2n) is 6.03. The summed E-state index contributed by atoms with van der Waals surface area (Å²) in [5, 5.41) is -0.166. The van der Waals surface area contributed by atoms with Crippen molar-refractivity contribution < 1.29 is 14.4 Å². The number of carbonyl (C=O) groups excluding carboxylic acids is 3. The lowest BCUT2D eigenvalue weighted by atomic mass is 10.1. The average Bonchev–Trinajstić information content (AvgIpc) is 3.34. The molecular weight excluding hydrogens is 460 g/mol. The Bertz CT molecular complexity index is 1130. The van der Waals surface area contributed by atoms with E-state index in [4.69, 9.17) is 46.4 Å². The van der Waals surface area contributed by atoms with E-state index in [2.05, 4.69) is 5.43 Å². The van der Waals surface area contributed by atoms with Crippen molar-refractivity contribution in [2.24, 2.45) is 0 Å². The molecule has 1 aliphatic heterocycles. The topological polar surface area (TPSA) is 71.4 Å². The predicted molar refractivity (Wildman–Crippen MR) is 110 cm³/mol. The van der Waals surface area contributed by atoms with E-state index in [1.54, 1.807) is 24.3 Å². The summed E-state index contributed by atoms with van der Waals surface area (Å²) in [7, 11) is 0. The van der Waals surface area contributed by atoms with Gasteiger partial charge in [0.05, 0.1) is 31.2 Å². The third kappa shape index (κ3) is 3.18. The summed E-state index contributed by atoms with van der Waals surface area (Å²) in [6.45, 7) is 0. The van der Waals surface area contributed by atoms with E-state index in [-0.39, 0.29) is 36.8 Å². The van der Waals surface area contributed by atoms with Crippen molar-refractivity contribution in [1.29, 1.82) is 0 Å². The van der Waals surface area contributed by atoms with Crippen molar-refractivity contribution in [2.75, 3.05) is 0 Å². The SMILES string of the molecule is O=C(NN1C(=O)c2c(Cl)c(Cl)c(Cl)c(Cl)c2C1=O)c1ccc(-n2cccc2)cc1. The number of nitrogens with zero attached hydrogens (tertiary/aromatic N) is 2. The van der Waals surface area contributed by atoms with Gasteiger partial charge in [-0.2, -0.15) is 5.01 Å². The largest absolute Gasteiger partial charge is 0.324 e. The molecule has 0 fully saturated rings. The molecule has 0 atom stereocenters. The minimum Gasteiger partial charge on any atom is -0.324 e. The van der Waals surface area contributed by atoms with Crippen LogP contribution in [0.2, 0.25) is 20.1 Å². The molecule has 0 saturated carbocycles. The van der Waals surface area contributed by atoms with E-state index >= 15 is 0 Å². The van der Waals surface area contributed by atoms with Crippen molar-refractivity contribution in [3.05, 3.63) is 85.6 Å². The Morgan fingerprint density at radius 1 is 0.759 bits per heavy atom. The Morgan fingerprint density at radius 2 is 1.24 bits per heavy atom. The second-order valence-corrected chi connectivity index (χ2v) is 7.54. The van der Waals surface area contributed by atoms with Gasteiger partial charge in [-0.3, -0.25) is 19.8 Å². The summed E-state index contributed by atoms with van der Waals surface area (Å²) < 4.78 is 1.86. The lowest BCUT2D eigenvalue weighted by Crippen LogP contribution is -2.45. The Kier molecular flexibility index (Phi) is 5.04. The zero-order valence-corrected chi connectivity index (χ0v) is 17.3. The Morgan fingerprint density at radius 3 is 1.72 bits per heavy atom. The van der Waals surface area contributed by atoms with Crippen LogP contribution in [0.5, 0.6) is 0 Å². The first-order chi connectivity index (χ1) is 13.8. The Balaban J connectivity index is 1.61. The van der Waals surface area contributed by atoms with Crippen LogP contribution in [-0.4, -0.2) is 27.3 Å². The maximum atomic E-state index is 12.7. The number of hydrogen-bond donors (Lipinski definition) is 1. The monoisotopic (exact) mass is 467 g/mol. The van der Waals surface area contributed by atoms with Gasteiger partial charge < -0.3 is 4.57 Å². The summed E-state index contributed by atoms with van der Waals surface area (Å²) in [5.41, 5.74) is 2.94. The van der Waals surface area contributed by atoms with Gasteiger partial charge in [-0.05, 0) is 36.4 Å². The highest BCUT2D eigenvalue weighted by atomic mass is 35.5. The molecule has 29 heavy (non-hydrogen) atoms. The molecule has 10 heteroatoms. The highest BCUT2D eigenvalue weighted by molar-refractivity contribution is 6.55. The molecule has 6 nitrogen and oxygen atoms in total. The Hall–Kier alpha value is -2.51. The molecule has 2 heterocycles. The van der Waals surface area contributed by atoms with Gasteiger partial charge in [0.1, 0.15) is 0 Å². The molecule has 146 valence electrons. The molecule has 0 radical (unpaired) electrons. The number of hydrogen-bond acceptors (Lipinski definition) is 3. The van der Waals surface area contributed by atoms with Gasteiger partial charge in [0, 0.05) is 23.6 Å². The van der Waals surface area contributed by atoms with E-state index in [0.29, 0.717) is 5.01 Å². The molecule has 1 N–H and O–H groups in total. The van der Waals surface area contributed by atoms with E-state index < -0.39 is 17.7 Å². The number of carbonyl (C=O) groups is 3. The summed E-state index contributed by atoms with van der Waals surface area (Å²) in [6.07, 6.45) is 3.72. The quantitative estimate of drug-likeness (QED) is 0.333. The molecule has 0 spiro atoms. The van der Waals surface area contributed by atoms with E-state index in [0.717, 1.165) is 5.69 Å². The first kappa shape index (κ1) is 19.8. The predicted octanol–water partition coefficient (Wildman–Crippen LogP) is 5.03. The summed E-state index contributed by atoms with van der Waals surface area (Å²) in [5.74, 6) is -2.37. The normalized spacial score (nSPS) is 13.0. The number of halogens is 4. The molecule has 0 aliphatic carbocycles. The van der Waals surface area contributed by atoms with Crippen LogP contribution in [-0.2, 0) is 0 Å². The smallest absolute Gasteiger partial charge is 0.282 e. The zero-order chi connectivity index (χ0) is 20.9. The summed E-state index contributed by atoms with van der Waals surface area (Å²) in [6, 6.07) is 10.3. The highest BCUT2D eigenvalue weighted by Gasteiger charge is 2.42. The third-order valence-corrected chi connectivity index (χ3v) is 6.15. The first-order valence-electron chi connectivity index (χ1n) is 8.10. The maximum absolute atomic E-state index is 12.7. The van der Waals surface area contributed by atoms with Gasteiger partial charge in [-0.15, -0.1) is 0 Å². The molecule has 3 amide bonds. The molecule has 0 bridgehead atoms. The van der Waals surface area contributed by atoms with Crippen LogP contribution in [0, 0.1) is 0 Å². The van der Waals surface area contributed by atoms with Crippen molar-refractivity contribution in [3.63, 3.8) is 0 Å². The van der Waals surface area contributed by atoms with Crippen LogP contribution in [0.25, 0.3) is 5.69 Å². The fourth-order valence-electron chi connectivity index (χ4n) is 2.91. The zero-order valence-electron chi connectivity index (χ0n) is 14.2. The number of aromatic nitrogens is 1. The molecule has 1 aliphatic rings. The molecular formula is C19H9Cl4N3O3. The number of hydrazine groups is 1. The van der Waals surface area contributed by atoms with Gasteiger partial charge in [0.2, 0.25) is 0 Å². The molecule has 0 saturated heterocycles. The average molecular weight is 469 g/mol. The highest BCUT2D eigenvalue weighted by Crippen LogP contribution is 2.44. The number of nitrogens with one attached hydrogen (secondary N) is 1. The van der Waals surface area contributed by atoms with Crippen molar-refractivity contribution in [3.8, 4) is 5.69 Å². The number of fused-ring (bicyclic) bond motifs is 1. The number of benzene rings is 2. The van der Waals surface area contributed by atoms with E-state index in [1.807, 2.05) is 29.1 Å². The third-order valence-electron chi connectivity index (χ3n) is 4.35. The number of rotatable bonds is 3. The molecule has 3 aromatic rings. The lowest BCUT2D eigenvalue weighted by Gasteiger charge is -2.15. The van der Waals surface area contributed by atoms with Gasteiger partial charge in [0.25, 0.3) is 17.7 Å². The van der Waals surface area contributed by atoms with Crippen LogP contribution in [0.15, 0.2) is 48.8 Å². The molecule has 1 aromatic heterocycles. The van der Waals surface area contributed by atoms with Crippen molar-refractivity contribution in [2.45, 2.75) is 0 Å². The Labute approximate surface area is 184 Å². The maximum Gasteiger partial charge on any atom is 0.282 e. The van der Waals surface area contributed by atoms with Crippen LogP contribution < -0.4 is 5.43 Å². The van der Waals surface area contributed by atoms with Crippen LogP contribution in [0.1, 0.15) is 31.1 Å². The van der Waals surface area contributed by atoms with Gasteiger partial charge in [-0.25, -0.2) is 0 Å². The van der Waals surface area contributed by atoms with E-state index in [9.17, 15) is 14.4 Å². The summed E-state index contributed by atoms with van der Waals surface area (Å²) >= 11 is 24.1. The van der Waals surface area contributed by atoms with Crippen LogP contribution >= 0.6 is 46.4 Å². The van der Waals surface area contributed by atoms with Crippen LogP contribution in [0.4, 0.5) is 0 Å². The molecule has 4 rings (SSSR count). The standard InChI is InChI=1S/C19H9Cl4N3O3/c20-13-11-12(14(21)16(23)15(13)22)19(29)26(18(11)28)24-17(27)9-3-5-10(6-4-9)25-7-1-2-8-25/h1-8H,(H,24,27). The molecule has 0 unspecified atom stereocenters. The van der Waals surface area contributed by atoms with Crippen LogP contribution in [0.3, 0.4) is 0 Å².